The van der Waals surface area contributed by atoms with Crippen LogP contribution in [-0.4, -0.2) is 30.8 Å². The lowest BCUT2D eigenvalue weighted by atomic mass is 10.2. The van der Waals surface area contributed by atoms with E-state index in [1.54, 1.807) is 0 Å². The van der Waals surface area contributed by atoms with Crippen molar-refractivity contribution in [1.82, 2.24) is 0 Å². The van der Waals surface area contributed by atoms with E-state index in [9.17, 15) is 9.59 Å². The number of hydrogen-bond acceptors (Lipinski definition) is 6. The number of carbonyl (C=O) groups is 2. The Hall–Kier alpha value is -2.50. The van der Waals surface area contributed by atoms with Crippen LogP contribution in [-0.2, 0) is 19.1 Å². The van der Waals surface area contributed by atoms with Gasteiger partial charge in [0.05, 0.1) is 0 Å². The molecule has 0 aliphatic carbocycles. The second-order valence-electron chi connectivity index (χ2n) is 5.60. The number of rotatable bonds is 5. The second-order valence-corrected chi connectivity index (χ2v) is 5.60. The van der Waals surface area contributed by atoms with E-state index in [2.05, 4.69) is 24.1 Å². The molecule has 0 unspecified atom stereocenters. The molecule has 0 bridgehead atoms. The molecule has 0 spiro atoms. The fraction of sp³-hybridized carbons (Fsp3) is 0.412. The SMILES string of the molecule is CCN(CC)c1cccc(NC=C2C(=O)OC(C)(C)OC2=O)c1. The minimum Gasteiger partial charge on any atom is -0.419 e. The Bertz CT molecular complexity index is 611. The fourth-order valence-electron chi connectivity index (χ4n) is 2.32. The van der Waals surface area contributed by atoms with Crippen LogP contribution < -0.4 is 10.2 Å². The van der Waals surface area contributed by atoms with Gasteiger partial charge < -0.3 is 19.7 Å². The zero-order valence-corrected chi connectivity index (χ0v) is 13.9. The Morgan fingerprint density at radius 1 is 1.13 bits per heavy atom. The largest absolute Gasteiger partial charge is 0.419 e. The molecule has 0 saturated carbocycles. The highest BCUT2D eigenvalue weighted by Crippen LogP contribution is 2.23. The Morgan fingerprint density at radius 2 is 1.74 bits per heavy atom. The van der Waals surface area contributed by atoms with Gasteiger partial charge in [-0.3, -0.25) is 0 Å². The number of hydrogen-bond donors (Lipinski definition) is 1. The molecule has 1 saturated heterocycles. The number of nitrogens with one attached hydrogen (secondary N) is 1. The van der Waals surface area contributed by atoms with E-state index < -0.39 is 17.7 Å². The zero-order chi connectivity index (χ0) is 17.0. The van der Waals surface area contributed by atoms with Crippen molar-refractivity contribution in [3.05, 3.63) is 36.0 Å². The van der Waals surface area contributed by atoms with Crippen molar-refractivity contribution in [3.63, 3.8) is 0 Å². The van der Waals surface area contributed by atoms with Crippen LogP contribution in [0.3, 0.4) is 0 Å². The van der Waals surface area contributed by atoms with E-state index in [4.69, 9.17) is 9.47 Å². The second kappa shape index (κ2) is 6.73. The number of anilines is 2. The fourth-order valence-corrected chi connectivity index (χ4v) is 2.32. The van der Waals surface area contributed by atoms with Gasteiger partial charge in [0.15, 0.2) is 5.57 Å². The molecule has 1 aromatic rings. The van der Waals surface area contributed by atoms with Gasteiger partial charge >= 0.3 is 11.9 Å². The predicted octanol–water partition coefficient (Wildman–Crippen LogP) is 2.66. The summed E-state index contributed by atoms with van der Waals surface area (Å²) in [6.45, 7) is 8.99. The van der Waals surface area contributed by atoms with Crippen LogP contribution in [0.25, 0.3) is 0 Å². The van der Waals surface area contributed by atoms with Gasteiger partial charge in [0, 0.05) is 44.5 Å². The van der Waals surface area contributed by atoms with Crippen LogP contribution in [0.2, 0.25) is 0 Å². The lowest BCUT2D eigenvalue weighted by Crippen LogP contribution is -2.42. The first-order valence-electron chi connectivity index (χ1n) is 7.64. The van der Waals surface area contributed by atoms with Gasteiger partial charge in [-0.15, -0.1) is 0 Å². The highest BCUT2D eigenvalue weighted by atomic mass is 16.7. The van der Waals surface area contributed by atoms with Crippen LogP contribution in [0, 0.1) is 0 Å². The van der Waals surface area contributed by atoms with Crippen molar-refractivity contribution in [1.29, 1.82) is 0 Å². The standard InChI is InChI=1S/C17H22N2O4/c1-5-19(6-2)13-9-7-8-12(10-13)18-11-14-15(20)22-17(3,4)23-16(14)21/h7-11,18H,5-6H2,1-4H3. The molecule has 2 rings (SSSR count). The smallest absolute Gasteiger partial charge is 0.350 e. The van der Waals surface area contributed by atoms with Crippen molar-refractivity contribution in [3.8, 4) is 0 Å². The summed E-state index contributed by atoms with van der Waals surface area (Å²) >= 11 is 0. The van der Waals surface area contributed by atoms with E-state index in [0.29, 0.717) is 0 Å². The molecule has 0 radical (unpaired) electrons. The first-order valence-corrected chi connectivity index (χ1v) is 7.64. The Labute approximate surface area is 136 Å². The number of esters is 2. The molecule has 1 fully saturated rings. The third kappa shape index (κ3) is 4.03. The summed E-state index contributed by atoms with van der Waals surface area (Å²) < 4.78 is 10.1. The summed E-state index contributed by atoms with van der Waals surface area (Å²) in [5.74, 6) is -2.62. The maximum atomic E-state index is 11.9. The number of cyclic esters (lactones) is 2. The van der Waals surface area contributed by atoms with Gasteiger partial charge in [-0.2, -0.15) is 0 Å². The minimum absolute atomic E-state index is 0.155. The molecular weight excluding hydrogens is 296 g/mol. The molecule has 124 valence electrons. The Morgan fingerprint density at radius 3 is 2.30 bits per heavy atom. The van der Waals surface area contributed by atoms with Crippen LogP contribution in [0.1, 0.15) is 27.7 Å². The molecule has 0 atom stereocenters. The number of benzene rings is 1. The normalized spacial score (nSPS) is 16.4. The van der Waals surface area contributed by atoms with Crippen molar-refractivity contribution < 1.29 is 19.1 Å². The summed E-state index contributed by atoms with van der Waals surface area (Å²) in [4.78, 5) is 25.9. The van der Waals surface area contributed by atoms with Crippen LogP contribution in [0.4, 0.5) is 11.4 Å². The van der Waals surface area contributed by atoms with Crippen LogP contribution in [0.15, 0.2) is 36.0 Å². The molecule has 1 heterocycles. The Kier molecular flexibility index (Phi) is 4.93. The molecule has 6 heteroatoms. The molecule has 0 aromatic heterocycles. The number of carbonyl (C=O) groups excluding carboxylic acids is 2. The Balaban J connectivity index is 2.15. The van der Waals surface area contributed by atoms with E-state index >= 15 is 0 Å². The maximum Gasteiger partial charge on any atom is 0.350 e. The summed E-state index contributed by atoms with van der Waals surface area (Å²) in [5, 5.41) is 2.96. The molecule has 1 N–H and O–H groups in total. The first-order chi connectivity index (χ1) is 10.9. The maximum absolute atomic E-state index is 11.9. The highest BCUT2D eigenvalue weighted by molar-refractivity contribution is 6.15. The quantitative estimate of drug-likeness (QED) is 0.511. The number of ether oxygens (including phenoxy) is 2. The van der Waals surface area contributed by atoms with Gasteiger partial charge in [0.2, 0.25) is 0 Å². The zero-order valence-electron chi connectivity index (χ0n) is 13.9. The predicted molar refractivity (Wildman–Crippen MR) is 88.0 cm³/mol. The summed E-state index contributed by atoms with van der Waals surface area (Å²) in [7, 11) is 0. The van der Waals surface area contributed by atoms with Gasteiger partial charge in [-0.05, 0) is 32.0 Å². The molecule has 1 aromatic carbocycles. The lowest BCUT2D eigenvalue weighted by Gasteiger charge is -2.29. The van der Waals surface area contributed by atoms with E-state index in [0.717, 1.165) is 24.5 Å². The average Bonchev–Trinajstić information content (AvgIpc) is 2.47. The lowest BCUT2D eigenvalue weighted by molar-refractivity contribution is -0.222. The van der Waals surface area contributed by atoms with E-state index in [-0.39, 0.29) is 5.57 Å². The van der Waals surface area contributed by atoms with E-state index in [1.807, 2.05) is 24.3 Å². The van der Waals surface area contributed by atoms with E-state index in [1.165, 1.54) is 20.0 Å². The van der Waals surface area contributed by atoms with Crippen molar-refractivity contribution in [2.75, 3.05) is 23.3 Å². The van der Waals surface area contributed by atoms with Crippen molar-refractivity contribution in [2.24, 2.45) is 0 Å². The van der Waals surface area contributed by atoms with Crippen LogP contribution >= 0.6 is 0 Å². The third-order valence-corrected chi connectivity index (χ3v) is 3.47. The summed E-state index contributed by atoms with van der Waals surface area (Å²) in [6, 6.07) is 7.73. The van der Waals surface area contributed by atoms with Gasteiger partial charge in [0.1, 0.15) is 0 Å². The monoisotopic (exact) mass is 318 g/mol. The molecule has 23 heavy (non-hydrogen) atoms. The van der Waals surface area contributed by atoms with Crippen molar-refractivity contribution >= 4 is 23.3 Å². The highest BCUT2D eigenvalue weighted by Gasteiger charge is 2.38. The van der Waals surface area contributed by atoms with Crippen LogP contribution in [0.5, 0.6) is 0 Å². The van der Waals surface area contributed by atoms with Gasteiger partial charge in [0.25, 0.3) is 5.79 Å². The topological polar surface area (TPSA) is 67.9 Å². The summed E-state index contributed by atoms with van der Waals surface area (Å²) in [5.41, 5.74) is 1.68. The number of nitrogens with zero attached hydrogens (tertiary/aromatic N) is 1. The minimum atomic E-state index is -1.23. The molecular formula is C17H22N2O4. The summed E-state index contributed by atoms with van der Waals surface area (Å²) in [6.07, 6.45) is 1.32. The molecule has 0 amide bonds. The van der Waals surface area contributed by atoms with Gasteiger partial charge in [-0.25, -0.2) is 9.59 Å². The molecule has 1 aliphatic rings. The first kappa shape index (κ1) is 16.9. The average molecular weight is 318 g/mol. The molecule has 6 nitrogen and oxygen atoms in total. The molecule has 1 aliphatic heterocycles. The third-order valence-electron chi connectivity index (χ3n) is 3.47. The van der Waals surface area contributed by atoms with Crippen molar-refractivity contribution in [2.45, 2.75) is 33.5 Å². The van der Waals surface area contributed by atoms with Gasteiger partial charge in [-0.1, -0.05) is 6.07 Å².